The van der Waals surface area contributed by atoms with Crippen LogP contribution in [0.1, 0.15) is 12.5 Å². The number of nitrogens with two attached hydrogens (primary N) is 1. The second-order valence-electron chi connectivity index (χ2n) is 4.50. The number of nitrogen functional groups attached to an aromatic ring is 1. The predicted octanol–water partition coefficient (Wildman–Crippen LogP) is 4.12. The van der Waals surface area contributed by atoms with Gasteiger partial charge in [0.25, 0.3) is 0 Å². The van der Waals surface area contributed by atoms with Crippen molar-refractivity contribution in [2.24, 2.45) is 5.10 Å². The molecule has 7 heteroatoms. The summed E-state index contributed by atoms with van der Waals surface area (Å²) in [5.41, 5.74) is 10.6. The minimum Gasteiger partial charge on any atom is -0.398 e. The molecule has 0 aliphatic carbocycles. The molecule has 0 heterocycles. The molecule has 0 unspecified atom stereocenters. The maximum absolute atomic E-state index is 11.8. The van der Waals surface area contributed by atoms with Gasteiger partial charge in [-0.25, -0.2) is 10.2 Å². The lowest BCUT2D eigenvalue weighted by atomic mass is 10.1. The monoisotopic (exact) mass is 336 g/mol. The van der Waals surface area contributed by atoms with Crippen LogP contribution >= 0.6 is 23.2 Å². The topological polar surface area (TPSA) is 79.5 Å². The highest BCUT2D eigenvalue weighted by Crippen LogP contribution is 2.18. The molecule has 0 aromatic heterocycles. The Morgan fingerprint density at radius 2 is 1.73 bits per heavy atom. The van der Waals surface area contributed by atoms with Crippen LogP contribution in [0.4, 0.5) is 16.2 Å². The summed E-state index contributed by atoms with van der Waals surface area (Å²) in [6.45, 7) is 1.73. The van der Waals surface area contributed by atoms with E-state index in [1.165, 1.54) is 0 Å². The van der Waals surface area contributed by atoms with E-state index in [9.17, 15) is 4.79 Å². The van der Waals surface area contributed by atoms with Gasteiger partial charge in [-0.2, -0.15) is 5.10 Å². The maximum Gasteiger partial charge on any atom is 0.339 e. The Bertz CT molecular complexity index is 714. The molecule has 0 spiro atoms. The lowest BCUT2D eigenvalue weighted by Crippen LogP contribution is -2.25. The zero-order valence-corrected chi connectivity index (χ0v) is 13.2. The van der Waals surface area contributed by atoms with Crippen molar-refractivity contribution in [1.29, 1.82) is 0 Å². The van der Waals surface area contributed by atoms with Crippen LogP contribution in [-0.4, -0.2) is 11.7 Å². The van der Waals surface area contributed by atoms with Crippen molar-refractivity contribution in [3.63, 3.8) is 0 Å². The zero-order chi connectivity index (χ0) is 16.1. The van der Waals surface area contributed by atoms with Crippen LogP contribution in [-0.2, 0) is 0 Å². The van der Waals surface area contributed by atoms with Crippen LogP contribution in [0.5, 0.6) is 0 Å². The summed E-state index contributed by atoms with van der Waals surface area (Å²) in [5.74, 6) is 0. The van der Waals surface area contributed by atoms with E-state index in [1.54, 1.807) is 49.4 Å². The van der Waals surface area contributed by atoms with Gasteiger partial charge in [-0.1, -0.05) is 23.2 Å². The number of urea groups is 1. The predicted molar refractivity (Wildman–Crippen MR) is 91.7 cm³/mol. The van der Waals surface area contributed by atoms with E-state index in [4.69, 9.17) is 28.9 Å². The largest absolute Gasteiger partial charge is 0.398 e. The molecule has 5 nitrogen and oxygen atoms in total. The highest BCUT2D eigenvalue weighted by Gasteiger charge is 2.05. The third-order valence-corrected chi connectivity index (χ3v) is 3.32. The first-order valence-corrected chi connectivity index (χ1v) is 7.13. The van der Waals surface area contributed by atoms with E-state index in [-0.39, 0.29) is 0 Å². The van der Waals surface area contributed by atoms with Gasteiger partial charge >= 0.3 is 6.03 Å². The second kappa shape index (κ2) is 7.15. The van der Waals surface area contributed by atoms with Gasteiger partial charge in [0.2, 0.25) is 0 Å². The zero-order valence-electron chi connectivity index (χ0n) is 11.7. The van der Waals surface area contributed by atoms with E-state index in [2.05, 4.69) is 15.8 Å². The number of nitrogens with one attached hydrogen (secondary N) is 2. The Morgan fingerprint density at radius 3 is 2.41 bits per heavy atom. The van der Waals surface area contributed by atoms with Gasteiger partial charge < -0.3 is 11.1 Å². The third kappa shape index (κ3) is 4.38. The van der Waals surface area contributed by atoms with E-state index >= 15 is 0 Å². The van der Waals surface area contributed by atoms with Gasteiger partial charge in [-0.3, -0.25) is 0 Å². The molecule has 0 saturated heterocycles. The summed E-state index contributed by atoms with van der Waals surface area (Å²) in [7, 11) is 0. The fraction of sp³-hybridized carbons (Fsp3) is 0.0667. The molecule has 0 aliphatic heterocycles. The molecule has 2 rings (SSSR count). The Labute approximate surface area is 138 Å². The molecule has 0 saturated carbocycles. The van der Waals surface area contributed by atoms with Gasteiger partial charge in [0.1, 0.15) is 0 Å². The third-order valence-electron chi connectivity index (χ3n) is 2.83. The number of anilines is 2. The molecule has 0 bridgehead atoms. The van der Waals surface area contributed by atoms with Crippen molar-refractivity contribution >= 4 is 46.3 Å². The molecule has 0 aliphatic rings. The number of benzene rings is 2. The number of halogens is 2. The van der Waals surface area contributed by atoms with Gasteiger partial charge in [0, 0.05) is 27.0 Å². The molecular weight excluding hydrogens is 323 g/mol. The normalized spacial score (nSPS) is 11.1. The van der Waals surface area contributed by atoms with E-state index < -0.39 is 6.03 Å². The number of carbonyl (C=O) groups is 1. The Morgan fingerprint density at radius 1 is 1.09 bits per heavy atom. The lowest BCUT2D eigenvalue weighted by molar-refractivity contribution is 0.252. The van der Waals surface area contributed by atoms with Crippen molar-refractivity contribution in [2.75, 3.05) is 11.1 Å². The Balaban J connectivity index is 2.02. The van der Waals surface area contributed by atoms with Gasteiger partial charge in [-0.05, 0) is 49.4 Å². The Hall–Kier alpha value is -2.24. The number of amides is 2. The molecule has 4 N–H and O–H groups in total. The van der Waals surface area contributed by atoms with Gasteiger partial charge in [0.15, 0.2) is 0 Å². The summed E-state index contributed by atoms with van der Waals surface area (Å²) in [6, 6.07) is 11.3. The summed E-state index contributed by atoms with van der Waals surface area (Å²) in [4.78, 5) is 11.8. The molecule has 2 aromatic carbocycles. The molecule has 2 aromatic rings. The van der Waals surface area contributed by atoms with Crippen molar-refractivity contribution < 1.29 is 4.79 Å². The van der Waals surface area contributed by atoms with E-state index in [0.717, 1.165) is 0 Å². The molecular formula is C15H14Cl2N4O. The first kappa shape index (κ1) is 16.1. The van der Waals surface area contributed by atoms with Gasteiger partial charge in [0.05, 0.1) is 5.71 Å². The summed E-state index contributed by atoms with van der Waals surface area (Å²) >= 11 is 11.7. The number of carbonyl (C=O) groups excluding carboxylic acids is 1. The summed E-state index contributed by atoms with van der Waals surface area (Å²) < 4.78 is 0. The minimum atomic E-state index is -0.470. The second-order valence-corrected chi connectivity index (χ2v) is 5.37. The van der Waals surface area contributed by atoms with Crippen LogP contribution in [0.2, 0.25) is 10.0 Å². The standard InChI is InChI=1S/C15H14Cl2N4O/c1-9(13-8-11(17)4-7-14(13)18)20-21-15(22)19-12-5-2-10(16)3-6-12/h2-8H,18H2,1H3,(H2,19,21,22)/b20-9+. The molecule has 22 heavy (non-hydrogen) atoms. The van der Waals surface area contributed by atoms with Crippen LogP contribution < -0.4 is 16.5 Å². The van der Waals surface area contributed by atoms with E-state index in [1.807, 2.05) is 0 Å². The average Bonchev–Trinajstić information content (AvgIpc) is 2.49. The van der Waals surface area contributed by atoms with Crippen molar-refractivity contribution in [2.45, 2.75) is 6.92 Å². The van der Waals surface area contributed by atoms with Crippen LogP contribution in [0.3, 0.4) is 0 Å². The number of hydrogen-bond acceptors (Lipinski definition) is 3. The summed E-state index contributed by atoms with van der Waals surface area (Å²) in [5, 5.41) is 7.77. The molecule has 114 valence electrons. The SMILES string of the molecule is C/C(=N\NC(=O)Nc1ccc(Cl)cc1)c1cc(Cl)ccc1N. The van der Waals surface area contributed by atoms with Crippen molar-refractivity contribution in [1.82, 2.24) is 5.43 Å². The van der Waals surface area contributed by atoms with Crippen molar-refractivity contribution in [3.8, 4) is 0 Å². The molecule has 2 amide bonds. The molecule has 0 atom stereocenters. The number of nitrogens with zero attached hydrogens (tertiary/aromatic N) is 1. The first-order chi connectivity index (χ1) is 10.5. The van der Waals surface area contributed by atoms with Crippen molar-refractivity contribution in [3.05, 3.63) is 58.1 Å². The fourth-order valence-electron chi connectivity index (χ4n) is 1.73. The fourth-order valence-corrected chi connectivity index (χ4v) is 2.03. The number of hydrazone groups is 1. The smallest absolute Gasteiger partial charge is 0.339 e. The maximum atomic E-state index is 11.8. The summed E-state index contributed by atoms with van der Waals surface area (Å²) in [6.07, 6.45) is 0. The average molecular weight is 337 g/mol. The van der Waals surface area contributed by atoms with Crippen LogP contribution in [0.15, 0.2) is 47.6 Å². The number of hydrogen-bond donors (Lipinski definition) is 3. The quantitative estimate of drug-likeness (QED) is 0.447. The van der Waals surface area contributed by atoms with E-state index in [0.29, 0.717) is 32.7 Å². The van der Waals surface area contributed by atoms with Crippen LogP contribution in [0.25, 0.3) is 0 Å². The highest BCUT2D eigenvalue weighted by atomic mass is 35.5. The Kier molecular flexibility index (Phi) is 5.25. The highest BCUT2D eigenvalue weighted by molar-refractivity contribution is 6.31. The molecule has 0 radical (unpaired) electrons. The van der Waals surface area contributed by atoms with Crippen LogP contribution in [0, 0.1) is 0 Å². The first-order valence-electron chi connectivity index (χ1n) is 6.38. The minimum absolute atomic E-state index is 0.470. The molecule has 0 fully saturated rings. The lowest BCUT2D eigenvalue weighted by Gasteiger charge is -2.07. The number of rotatable bonds is 3. The van der Waals surface area contributed by atoms with Gasteiger partial charge in [-0.15, -0.1) is 0 Å².